The van der Waals surface area contributed by atoms with Crippen LogP contribution in [0.5, 0.6) is 5.88 Å². The van der Waals surface area contributed by atoms with Crippen LogP contribution in [0.2, 0.25) is 5.02 Å². The van der Waals surface area contributed by atoms with Gasteiger partial charge in [0.1, 0.15) is 5.82 Å². The zero-order valence-electron chi connectivity index (χ0n) is 16.5. The third-order valence-corrected chi connectivity index (χ3v) is 5.07. The van der Waals surface area contributed by atoms with Crippen molar-refractivity contribution in [2.45, 2.75) is 25.4 Å². The van der Waals surface area contributed by atoms with Gasteiger partial charge < -0.3 is 15.0 Å². The summed E-state index contributed by atoms with van der Waals surface area (Å²) in [7, 11) is 0. The second-order valence-electron chi connectivity index (χ2n) is 7.01. The topological polar surface area (TPSA) is 78.2 Å². The van der Waals surface area contributed by atoms with Crippen molar-refractivity contribution in [1.29, 1.82) is 5.26 Å². The summed E-state index contributed by atoms with van der Waals surface area (Å²) in [5.74, 6) is -0.300. The Morgan fingerprint density at radius 2 is 2.00 bits per heavy atom. The average Bonchev–Trinajstić information content (AvgIpc) is 3.28. The number of benzene rings is 1. The molecule has 1 aromatic heterocycles. The molecule has 31 heavy (non-hydrogen) atoms. The standard InChI is InChI=1S/C21H20ClF3N4O2/c22-17-5-4-14(13-26)10-16(17)20(30)27-6-3-9-31-19-12-15(21(23,24)25)11-18(28-19)29-7-1-2-8-29/h4-5,10-12H,1-3,6-9H2,(H,27,30). The van der Waals surface area contributed by atoms with Crippen molar-refractivity contribution in [3.8, 4) is 11.9 Å². The molecule has 0 bridgehead atoms. The summed E-state index contributed by atoms with van der Waals surface area (Å²) in [5.41, 5.74) is -0.321. The van der Waals surface area contributed by atoms with Crippen LogP contribution in [0.15, 0.2) is 30.3 Å². The molecule has 1 amide bonds. The lowest BCUT2D eigenvalue weighted by Gasteiger charge is -2.19. The van der Waals surface area contributed by atoms with Gasteiger partial charge in [-0.2, -0.15) is 23.4 Å². The molecule has 1 aliphatic heterocycles. The lowest BCUT2D eigenvalue weighted by molar-refractivity contribution is -0.137. The lowest BCUT2D eigenvalue weighted by atomic mass is 10.1. The maximum Gasteiger partial charge on any atom is 0.416 e. The van der Waals surface area contributed by atoms with Crippen molar-refractivity contribution in [3.05, 3.63) is 52.0 Å². The van der Waals surface area contributed by atoms with Crippen LogP contribution in [0, 0.1) is 11.3 Å². The van der Waals surface area contributed by atoms with Crippen LogP contribution in [0.1, 0.15) is 40.7 Å². The number of anilines is 1. The largest absolute Gasteiger partial charge is 0.478 e. The molecule has 3 rings (SSSR count). The molecule has 0 saturated carbocycles. The van der Waals surface area contributed by atoms with Gasteiger partial charge in [0.2, 0.25) is 5.88 Å². The molecule has 10 heteroatoms. The summed E-state index contributed by atoms with van der Waals surface area (Å²) >= 11 is 5.99. The zero-order valence-corrected chi connectivity index (χ0v) is 17.3. The van der Waals surface area contributed by atoms with Crippen molar-refractivity contribution in [3.63, 3.8) is 0 Å². The van der Waals surface area contributed by atoms with E-state index in [0.29, 0.717) is 25.1 Å². The normalized spacial score (nSPS) is 13.7. The van der Waals surface area contributed by atoms with Crippen molar-refractivity contribution in [2.75, 3.05) is 31.1 Å². The average molecular weight is 453 g/mol. The monoisotopic (exact) mass is 452 g/mol. The van der Waals surface area contributed by atoms with E-state index in [4.69, 9.17) is 21.6 Å². The van der Waals surface area contributed by atoms with E-state index in [1.165, 1.54) is 18.2 Å². The quantitative estimate of drug-likeness (QED) is 0.629. The first-order valence-electron chi connectivity index (χ1n) is 9.73. The Balaban J connectivity index is 1.56. The van der Waals surface area contributed by atoms with E-state index < -0.39 is 17.6 Å². The fourth-order valence-corrected chi connectivity index (χ4v) is 3.36. The fourth-order valence-electron chi connectivity index (χ4n) is 3.15. The number of hydrogen-bond acceptors (Lipinski definition) is 5. The van der Waals surface area contributed by atoms with E-state index in [1.54, 1.807) is 4.90 Å². The number of nitrogens with one attached hydrogen (secondary N) is 1. The maximum absolute atomic E-state index is 13.2. The number of hydrogen-bond donors (Lipinski definition) is 1. The molecule has 6 nitrogen and oxygen atoms in total. The Hall–Kier alpha value is -2.99. The van der Waals surface area contributed by atoms with E-state index in [2.05, 4.69) is 10.3 Å². The molecule has 1 aromatic carbocycles. The maximum atomic E-state index is 13.2. The molecule has 1 aliphatic rings. The number of nitriles is 1. The van der Waals surface area contributed by atoms with Crippen molar-refractivity contribution < 1.29 is 22.7 Å². The van der Waals surface area contributed by atoms with Crippen molar-refractivity contribution >= 4 is 23.3 Å². The van der Waals surface area contributed by atoms with E-state index in [1.807, 2.05) is 6.07 Å². The molecule has 0 unspecified atom stereocenters. The van der Waals surface area contributed by atoms with E-state index in [-0.39, 0.29) is 35.4 Å². The molecular weight excluding hydrogens is 433 g/mol. The van der Waals surface area contributed by atoms with Gasteiger partial charge in [0, 0.05) is 25.7 Å². The molecule has 0 aliphatic carbocycles. The number of alkyl halides is 3. The smallest absolute Gasteiger partial charge is 0.416 e. The highest BCUT2D eigenvalue weighted by molar-refractivity contribution is 6.33. The Bertz CT molecular complexity index is 986. The Kier molecular flexibility index (Phi) is 7.23. The minimum Gasteiger partial charge on any atom is -0.478 e. The number of rotatable bonds is 7. The molecule has 164 valence electrons. The van der Waals surface area contributed by atoms with Crippen LogP contribution in [0.4, 0.5) is 19.0 Å². The number of carbonyl (C=O) groups is 1. The first-order chi connectivity index (χ1) is 14.8. The summed E-state index contributed by atoms with van der Waals surface area (Å²) in [4.78, 5) is 18.2. The summed E-state index contributed by atoms with van der Waals surface area (Å²) in [6, 6.07) is 8.22. The number of pyridine rings is 1. The van der Waals surface area contributed by atoms with Gasteiger partial charge in [0.25, 0.3) is 5.91 Å². The molecule has 0 radical (unpaired) electrons. The highest BCUT2D eigenvalue weighted by Crippen LogP contribution is 2.34. The van der Waals surface area contributed by atoms with E-state index in [9.17, 15) is 18.0 Å². The second-order valence-corrected chi connectivity index (χ2v) is 7.42. The molecule has 1 fully saturated rings. The highest BCUT2D eigenvalue weighted by Gasteiger charge is 2.32. The van der Waals surface area contributed by atoms with Crippen LogP contribution in [-0.2, 0) is 6.18 Å². The SMILES string of the molecule is N#Cc1ccc(Cl)c(C(=O)NCCCOc2cc(C(F)(F)F)cc(N3CCCC3)n2)c1. The Morgan fingerprint density at radius 1 is 1.26 bits per heavy atom. The lowest BCUT2D eigenvalue weighted by Crippen LogP contribution is -2.26. The Morgan fingerprint density at radius 3 is 2.68 bits per heavy atom. The molecule has 2 heterocycles. The summed E-state index contributed by atoms with van der Waals surface area (Å²) < 4.78 is 45.1. The van der Waals surface area contributed by atoms with E-state index in [0.717, 1.165) is 25.0 Å². The van der Waals surface area contributed by atoms with Crippen molar-refractivity contribution in [1.82, 2.24) is 10.3 Å². The minimum atomic E-state index is -4.50. The number of nitrogens with zero attached hydrogens (tertiary/aromatic N) is 3. The summed E-state index contributed by atoms with van der Waals surface area (Å²) in [5, 5.41) is 11.8. The van der Waals surface area contributed by atoms with Crippen LogP contribution in [0.25, 0.3) is 0 Å². The molecule has 1 saturated heterocycles. The summed E-state index contributed by atoms with van der Waals surface area (Å²) in [6.45, 7) is 1.61. The summed E-state index contributed by atoms with van der Waals surface area (Å²) in [6.07, 6.45) is -2.33. The van der Waals surface area contributed by atoms with Gasteiger partial charge in [-0.25, -0.2) is 0 Å². The van der Waals surface area contributed by atoms with Gasteiger partial charge in [-0.15, -0.1) is 0 Å². The minimum absolute atomic E-state index is 0.0694. The fraction of sp³-hybridized carbons (Fsp3) is 0.381. The number of carbonyl (C=O) groups excluding carboxylic acids is 1. The predicted octanol–water partition coefficient (Wildman–Crippen LogP) is 4.42. The second kappa shape index (κ2) is 9.88. The van der Waals surface area contributed by atoms with Gasteiger partial charge >= 0.3 is 6.18 Å². The van der Waals surface area contributed by atoms with E-state index >= 15 is 0 Å². The van der Waals surface area contributed by atoms with Gasteiger partial charge in [0.05, 0.1) is 34.4 Å². The number of aromatic nitrogens is 1. The predicted molar refractivity (Wildman–Crippen MR) is 109 cm³/mol. The van der Waals surface area contributed by atoms with Crippen LogP contribution in [0.3, 0.4) is 0 Å². The van der Waals surface area contributed by atoms with Gasteiger partial charge in [-0.05, 0) is 43.5 Å². The van der Waals surface area contributed by atoms with Gasteiger partial charge in [0.15, 0.2) is 0 Å². The van der Waals surface area contributed by atoms with Crippen LogP contribution in [-0.4, -0.2) is 37.1 Å². The van der Waals surface area contributed by atoms with Crippen LogP contribution < -0.4 is 15.0 Å². The van der Waals surface area contributed by atoms with Crippen molar-refractivity contribution in [2.24, 2.45) is 0 Å². The molecule has 2 aromatic rings. The van der Waals surface area contributed by atoms with Gasteiger partial charge in [-0.1, -0.05) is 11.6 Å². The molecule has 0 spiro atoms. The third kappa shape index (κ3) is 6.01. The zero-order chi connectivity index (χ0) is 22.4. The molecular formula is C21H20ClF3N4O2. The van der Waals surface area contributed by atoms with Crippen LogP contribution >= 0.6 is 11.6 Å². The highest BCUT2D eigenvalue weighted by atomic mass is 35.5. The molecule has 0 atom stereocenters. The molecule has 1 N–H and O–H groups in total. The number of halogens is 4. The third-order valence-electron chi connectivity index (χ3n) is 4.74. The Labute approximate surface area is 182 Å². The van der Waals surface area contributed by atoms with Gasteiger partial charge in [-0.3, -0.25) is 4.79 Å². The number of amides is 1. The first kappa shape index (κ1) is 22.7. The number of ether oxygens (including phenoxy) is 1. The first-order valence-corrected chi connectivity index (χ1v) is 10.1.